The van der Waals surface area contributed by atoms with Crippen LogP contribution < -0.4 is 9.62 Å². The standard InChI is InChI=1S/C18H23N5O2S/c1-12(2)11-26(24,25)22-13-5-8-23(10-13)16-4-7-19-15-9-21-18-14(17(15)16)3-6-20-18/h3-4,6-7,9,12-13,19,22H,5,8,10-11H2,1-2H3. The van der Waals surface area contributed by atoms with Crippen LogP contribution >= 0.6 is 0 Å². The van der Waals surface area contributed by atoms with E-state index in [2.05, 4.69) is 24.6 Å². The van der Waals surface area contributed by atoms with Crippen LogP contribution in [0.25, 0.3) is 21.9 Å². The Morgan fingerprint density at radius 1 is 1.35 bits per heavy atom. The molecule has 1 aliphatic heterocycles. The van der Waals surface area contributed by atoms with Gasteiger partial charge in [-0.1, -0.05) is 13.8 Å². The van der Waals surface area contributed by atoms with Crippen molar-refractivity contribution in [1.29, 1.82) is 0 Å². The zero-order valence-corrected chi connectivity index (χ0v) is 15.8. The van der Waals surface area contributed by atoms with Gasteiger partial charge in [-0.3, -0.25) is 0 Å². The third kappa shape index (κ3) is 3.26. The molecule has 4 heterocycles. The molecule has 0 bridgehead atoms. The maximum Gasteiger partial charge on any atom is 0.212 e. The number of nitrogens with one attached hydrogen (secondary N) is 2. The van der Waals surface area contributed by atoms with Crippen molar-refractivity contribution in [3.05, 3.63) is 30.7 Å². The summed E-state index contributed by atoms with van der Waals surface area (Å²) < 4.78 is 27.3. The maximum atomic E-state index is 12.2. The number of sulfonamides is 1. The molecule has 0 radical (unpaired) electrons. The third-order valence-corrected chi connectivity index (χ3v) is 6.50. The van der Waals surface area contributed by atoms with Gasteiger partial charge in [-0.15, -0.1) is 0 Å². The smallest absolute Gasteiger partial charge is 0.212 e. The number of pyridine rings is 2. The van der Waals surface area contributed by atoms with Crippen LogP contribution in [0.5, 0.6) is 0 Å². The fourth-order valence-corrected chi connectivity index (χ4v) is 5.39. The lowest BCUT2D eigenvalue weighted by atomic mass is 10.1. The summed E-state index contributed by atoms with van der Waals surface area (Å²) in [5.41, 5.74) is 2.77. The molecule has 0 aromatic carbocycles. The molecular formula is C18H23N5O2S. The Balaban J connectivity index is 1.62. The van der Waals surface area contributed by atoms with E-state index in [1.807, 2.05) is 32.2 Å². The molecule has 0 aliphatic carbocycles. The number of rotatable bonds is 5. The fraction of sp³-hybridized carbons (Fsp3) is 0.444. The number of aromatic nitrogens is 3. The summed E-state index contributed by atoms with van der Waals surface area (Å²) in [7, 11) is -3.24. The molecule has 1 unspecified atom stereocenters. The highest BCUT2D eigenvalue weighted by Gasteiger charge is 2.28. The van der Waals surface area contributed by atoms with Crippen molar-refractivity contribution < 1.29 is 8.42 Å². The predicted octanol–water partition coefficient (Wildman–Crippen LogP) is 2.27. The van der Waals surface area contributed by atoms with Crippen molar-refractivity contribution in [3.63, 3.8) is 0 Å². The van der Waals surface area contributed by atoms with Crippen molar-refractivity contribution in [2.75, 3.05) is 23.7 Å². The van der Waals surface area contributed by atoms with Gasteiger partial charge in [-0.25, -0.2) is 23.1 Å². The summed E-state index contributed by atoms with van der Waals surface area (Å²) in [6.45, 7) is 5.31. The van der Waals surface area contributed by atoms with Gasteiger partial charge in [-0.05, 0) is 24.5 Å². The van der Waals surface area contributed by atoms with Crippen molar-refractivity contribution in [2.24, 2.45) is 5.92 Å². The van der Waals surface area contributed by atoms with Crippen LogP contribution in [0, 0.1) is 5.92 Å². The summed E-state index contributed by atoms with van der Waals surface area (Å²) in [6, 6.07) is 3.95. The van der Waals surface area contributed by atoms with Gasteiger partial charge >= 0.3 is 0 Å². The number of hydrogen-bond donors (Lipinski definition) is 2. The molecule has 3 aromatic rings. The quantitative estimate of drug-likeness (QED) is 0.716. The number of hydrogen-bond acceptors (Lipinski definition) is 5. The number of fused-ring (bicyclic) bond motifs is 3. The highest BCUT2D eigenvalue weighted by Crippen LogP contribution is 2.32. The summed E-state index contributed by atoms with van der Waals surface area (Å²) in [5, 5.41) is 2.10. The van der Waals surface area contributed by atoms with Gasteiger partial charge in [0.25, 0.3) is 0 Å². The number of nitrogens with zero attached hydrogens (tertiary/aromatic N) is 3. The topological polar surface area (TPSA) is 91.0 Å². The average molecular weight is 373 g/mol. The molecule has 7 nitrogen and oxygen atoms in total. The first-order valence-corrected chi connectivity index (χ1v) is 10.5. The molecule has 138 valence electrons. The lowest BCUT2D eigenvalue weighted by Gasteiger charge is -2.21. The molecule has 1 aliphatic rings. The fourth-order valence-electron chi connectivity index (χ4n) is 3.72. The summed E-state index contributed by atoms with van der Waals surface area (Å²) in [5.74, 6) is 0.280. The van der Waals surface area contributed by atoms with Crippen molar-refractivity contribution in [3.8, 4) is 0 Å². The van der Waals surface area contributed by atoms with Gasteiger partial charge in [0.2, 0.25) is 10.0 Å². The number of anilines is 1. The second kappa shape index (κ2) is 6.51. The Labute approximate surface area is 152 Å². The van der Waals surface area contributed by atoms with E-state index in [-0.39, 0.29) is 17.7 Å². The summed E-state index contributed by atoms with van der Waals surface area (Å²) >= 11 is 0. The van der Waals surface area contributed by atoms with Crippen LogP contribution in [-0.4, -0.2) is 48.3 Å². The highest BCUT2D eigenvalue weighted by molar-refractivity contribution is 7.89. The molecule has 26 heavy (non-hydrogen) atoms. The van der Waals surface area contributed by atoms with Crippen LogP contribution in [0.15, 0.2) is 30.7 Å². The van der Waals surface area contributed by atoms with Crippen LogP contribution in [0.3, 0.4) is 0 Å². The largest absolute Gasteiger partial charge is 0.369 e. The minimum atomic E-state index is -3.24. The Morgan fingerprint density at radius 3 is 3.00 bits per heavy atom. The molecule has 4 rings (SSSR count). The maximum absolute atomic E-state index is 12.2. The van der Waals surface area contributed by atoms with E-state index in [0.29, 0.717) is 6.54 Å². The Hall–Kier alpha value is -2.19. The monoisotopic (exact) mass is 373 g/mol. The Kier molecular flexibility index (Phi) is 4.32. The van der Waals surface area contributed by atoms with Gasteiger partial charge in [-0.2, -0.15) is 0 Å². The van der Waals surface area contributed by atoms with Crippen molar-refractivity contribution >= 4 is 37.6 Å². The van der Waals surface area contributed by atoms with Gasteiger partial charge in [0.1, 0.15) is 0 Å². The summed E-state index contributed by atoms with van der Waals surface area (Å²) in [6.07, 6.45) is 6.26. The van der Waals surface area contributed by atoms with Gasteiger partial charge in [0.15, 0.2) is 5.65 Å². The zero-order chi connectivity index (χ0) is 18.3. The first-order valence-electron chi connectivity index (χ1n) is 8.89. The molecule has 0 spiro atoms. The lowest BCUT2D eigenvalue weighted by Crippen LogP contribution is -2.39. The first kappa shape index (κ1) is 17.2. The van der Waals surface area contributed by atoms with E-state index >= 15 is 0 Å². The van der Waals surface area contributed by atoms with Gasteiger partial charge in [0, 0.05) is 48.0 Å². The molecule has 2 N–H and O–H groups in total. The third-order valence-electron chi connectivity index (χ3n) is 4.70. The normalized spacial score (nSPS) is 18.4. The van der Waals surface area contributed by atoms with Crippen molar-refractivity contribution in [1.82, 2.24) is 19.7 Å². The molecule has 1 fully saturated rings. The van der Waals surface area contributed by atoms with E-state index in [0.717, 1.165) is 40.6 Å². The Bertz CT molecular complexity index is 1040. The van der Waals surface area contributed by atoms with Crippen LogP contribution in [0.2, 0.25) is 0 Å². The van der Waals surface area contributed by atoms with E-state index in [1.54, 1.807) is 12.4 Å². The molecule has 8 heteroatoms. The zero-order valence-electron chi connectivity index (χ0n) is 14.9. The second-order valence-electron chi connectivity index (χ2n) is 7.32. The van der Waals surface area contributed by atoms with E-state index in [1.165, 1.54) is 0 Å². The minimum absolute atomic E-state index is 0.0619. The molecule has 0 saturated carbocycles. The second-order valence-corrected chi connectivity index (χ2v) is 9.12. The Morgan fingerprint density at radius 2 is 2.19 bits per heavy atom. The molecule has 0 amide bonds. The lowest BCUT2D eigenvalue weighted by molar-refractivity contribution is 0.550. The average Bonchev–Trinajstić information content (AvgIpc) is 3.21. The van der Waals surface area contributed by atoms with Crippen molar-refractivity contribution in [2.45, 2.75) is 26.3 Å². The van der Waals surface area contributed by atoms with Gasteiger partial charge in [0.05, 0.1) is 17.5 Å². The van der Waals surface area contributed by atoms with Crippen LogP contribution in [0.1, 0.15) is 20.3 Å². The van der Waals surface area contributed by atoms with E-state index in [9.17, 15) is 8.42 Å². The molecule has 3 aromatic heterocycles. The van der Waals surface area contributed by atoms with E-state index < -0.39 is 10.0 Å². The van der Waals surface area contributed by atoms with E-state index in [4.69, 9.17) is 0 Å². The molecule has 1 saturated heterocycles. The SMILES string of the molecule is CC(C)CS(=O)(=O)NC1CCN(c2cc[nH]c3cnc4nccc4c23)C1. The minimum Gasteiger partial charge on any atom is -0.369 e. The highest BCUT2D eigenvalue weighted by atomic mass is 32.2. The molecular weight excluding hydrogens is 350 g/mol. The number of aromatic amines is 1. The summed E-state index contributed by atoms with van der Waals surface area (Å²) in [4.78, 5) is 14.1. The molecule has 1 atom stereocenters. The van der Waals surface area contributed by atoms with Crippen LogP contribution in [-0.2, 0) is 10.0 Å². The predicted molar refractivity (Wildman–Crippen MR) is 104 cm³/mol. The first-order chi connectivity index (χ1) is 12.4. The van der Waals surface area contributed by atoms with Gasteiger partial charge < -0.3 is 9.88 Å². The van der Waals surface area contributed by atoms with Crippen LogP contribution in [0.4, 0.5) is 5.69 Å². The number of H-pyrrole nitrogens is 1.